The van der Waals surface area contributed by atoms with E-state index in [1.165, 1.54) is 12.5 Å². The zero-order chi connectivity index (χ0) is 11.5. The van der Waals surface area contributed by atoms with Gasteiger partial charge in [0.2, 0.25) is 0 Å². The van der Waals surface area contributed by atoms with Gasteiger partial charge in [0.25, 0.3) is 5.91 Å². The molecule has 86 valence electrons. The number of carboxylic acids is 1. The Kier molecular flexibility index (Phi) is 2.86. The molecule has 0 saturated carbocycles. The molecular formula is C9H10N2O5. The summed E-state index contributed by atoms with van der Waals surface area (Å²) in [6.07, 6.45) is 1.75. The van der Waals surface area contributed by atoms with Crippen LogP contribution in [0.1, 0.15) is 12.8 Å². The zero-order valence-electron chi connectivity index (χ0n) is 8.25. The molecule has 7 nitrogen and oxygen atoms in total. The molecule has 1 saturated heterocycles. The standard InChI is InChI=1S/C9H10N2O5/c12-8(11-5-3-10-15-4-5)6-1-2-7(16-6)9(13)14/h3-4,6-7H,1-2H2,(H,11,12)(H,13,14). The van der Waals surface area contributed by atoms with E-state index in [4.69, 9.17) is 9.84 Å². The van der Waals surface area contributed by atoms with Gasteiger partial charge in [0.1, 0.15) is 18.1 Å². The number of aliphatic carboxylic acids is 1. The van der Waals surface area contributed by atoms with Gasteiger partial charge >= 0.3 is 5.97 Å². The van der Waals surface area contributed by atoms with Gasteiger partial charge in [-0.05, 0) is 12.8 Å². The highest BCUT2D eigenvalue weighted by molar-refractivity contribution is 5.94. The van der Waals surface area contributed by atoms with Crippen LogP contribution in [0.3, 0.4) is 0 Å². The summed E-state index contributed by atoms with van der Waals surface area (Å²) in [5, 5.41) is 14.6. The third-order valence-corrected chi connectivity index (χ3v) is 2.29. The molecule has 0 aromatic carbocycles. The highest BCUT2D eigenvalue weighted by atomic mass is 16.5. The van der Waals surface area contributed by atoms with Crippen molar-refractivity contribution in [3.8, 4) is 0 Å². The molecule has 1 aromatic heterocycles. The maximum atomic E-state index is 11.6. The summed E-state index contributed by atoms with van der Waals surface area (Å²) in [4.78, 5) is 22.2. The molecule has 2 heterocycles. The molecule has 2 rings (SSSR count). The topological polar surface area (TPSA) is 102 Å². The van der Waals surface area contributed by atoms with Crippen LogP contribution in [0, 0.1) is 0 Å². The summed E-state index contributed by atoms with van der Waals surface area (Å²) < 4.78 is 9.61. The van der Waals surface area contributed by atoms with E-state index >= 15 is 0 Å². The number of anilines is 1. The molecule has 0 radical (unpaired) electrons. The summed E-state index contributed by atoms with van der Waals surface area (Å²) in [7, 11) is 0. The smallest absolute Gasteiger partial charge is 0.332 e. The second-order valence-electron chi connectivity index (χ2n) is 3.43. The maximum absolute atomic E-state index is 11.6. The van der Waals surface area contributed by atoms with Crippen LogP contribution < -0.4 is 5.32 Å². The fourth-order valence-electron chi connectivity index (χ4n) is 1.50. The van der Waals surface area contributed by atoms with Crippen LogP contribution in [0.15, 0.2) is 17.0 Å². The Labute approximate surface area is 90.4 Å². The first-order valence-corrected chi connectivity index (χ1v) is 4.75. The number of amides is 1. The molecule has 1 fully saturated rings. The molecule has 1 aliphatic heterocycles. The number of nitrogens with one attached hydrogen (secondary N) is 1. The van der Waals surface area contributed by atoms with E-state index < -0.39 is 18.2 Å². The molecule has 2 atom stereocenters. The number of carbonyl (C=O) groups is 2. The van der Waals surface area contributed by atoms with Gasteiger partial charge in [-0.25, -0.2) is 4.79 Å². The number of ether oxygens (including phenoxy) is 1. The summed E-state index contributed by atoms with van der Waals surface area (Å²) in [6.45, 7) is 0. The summed E-state index contributed by atoms with van der Waals surface area (Å²) >= 11 is 0. The predicted octanol–water partition coefficient (Wildman–Crippen LogP) is 0.245. The van der Waals surface area contributed by atoms with Gasteiger partial charge in [-0.2, -0.15) is 0 Å². The van der Waals surface area contributed by atoms with Crippen molar-refractivity contribution in [2.24, 2.45) is 0 Å². The molecular weight excluding hydrogens is 216 g/mol. The van der Waals surface area contributed by atoms with Crippen LogP contribution in [-0.4, -0.2) is 34.3 Å². The molecule has 0 aliphatic carbocycles. The molecule has 2 unspecified atom stereocenters. The SMILES string of the molecule is O=C(O)C1CCC(C(=O)Nc2cnoc2)O1. The van der Waals surface area contributed by atoms with E-state index in [1.807, 2.05) is 0 Å². The van der Waals surface area contributed by atoms with Gasteiger partial charge in [-0.15, -0.1) is 0 Å². The highest BCUT2D eigenvalue weighted by Gasteiger charge is 2.34. The summed E-state index contributed by atoms with van der Waals surface area (Å²) in [5.41, 5.74) is 0.423. The minimum atomic E-state index is -1.04. The lowest BCUT2D eigenvalue weighted by Gasteiger charge is -2.09. The number of carboxylic acid groups (broad SMARTS) is 1. The van der Waals surface area contributed by atoms with E-state index in [2.05, 4.69) is 15.0 Å². The van der Waals surface area contributed by atoms with Crippen LogP contribution in [-0.2, 0) is 14.3 Å². The number of aromatic nitrogens is 1. The van der Waals surface area contributed by atoms with Crippen LogP contribution in [0.4, 0.5) is 5.69 Å². The zero-order valence-corrected chi connectivity index (χ0v) is 8.25. The second kappa shape index (κ2) is 4.31. The Morgan fingerprint density at radius 3 is 2.75 bits per heavy atom. The minimum absolute atomic E-state index is 0.344. The van der Waals surface area contributed by atoms with Crippen molar-refractivity contribution in [3.63, 3.8) is 0 Å². The molecule has 16 heavy (non-hydrogen) atoms. The fraction of sp³-hybridized carbons (Fsp3) is 0.444. The average molecular weight is 226 g/mol. The van der Waals surface area contributed by atoms with Crippen molar-refractivity contribution in [1.29, 1.82) is 0 Å². The third kappa shape index (κ3) is 2.19. The van der Waals surface area contributed by atoms with Crippen LogP contribution in [0.5, 0.6) is 0 Å². The number of hydrogen-bond donors (Lipinski definition) is 2. The summed E-state index contributed by atoms with van der Waals surface area (Å²) in [5.74, 6) is -1.42. The first kappa shape index (κ1) is 10.6. The van der Waals surface area contributed by atoms with Crippen molar-refractivity contribution in [2.75, 3.05) is 5.32 Å². The first-order chi connectivity index (χ1) is 7.66. The molecule has 7 heteroatoms. The number of nitrogens with zero attached hydrogens (tertiary/aromatic N) is 1. The van der Waals surface area contributed by atoms with Gasteiger partial charge in [0.15, 0.2) is 6.10 Å². The van der Waals surface area contributed by atoms with Gasteiger partial charge in [0.05, 0.1) is 6.20 Å². The lowest BCUT2D eigenvalue weighted by Crippen LogP contribution is -2.29. The Balaban J connectivity index is 1.90. The second-order valence-corrected chi connectivity index (χ2v) is 3.43. The number of rotatable bonds is 3. The quantitative estimate of drug-likeness (QED) is 0.765. The Morgan fingerprint density at radius 1 is 1.44 bits per heavy atom. The van der Waals surface area contributed by atoms with Crippen LogP contribution >= 0.6 is 0 Å². The Morgan fingerprint density at radius 2 is 2.19 bits per heavy atom. The molecule has 1 aromatic rings. The summed E-state index contributed by atoms with van der Waals surface area (Å²) in [6, 6.07) is 0. The van der Waals surface area contributed by atoms with E-state index in [-0.39, 0.29) is 5.91 Å². The average Bonchev–Trinajstić information content (AvgIpc) is 2.86. The molecule has 1 aliphatic rings. The van der Waals surface area contributed by atoms with E-state index in [0.717, 1.165) is 0 Å². The van der Waals surface area contributed by atoms with Gasteiger partial charge in [0, 0.05) is 0 Å². The predicted molar refractivity (Wildman–Crippen MR) is 50.7 cm³/mol. The third-order valence-electron chi connectivity index (χ3n) is 2.29. The van der Waals surface area contributed by atoms with Crippen molar-refractivity contribution >= 4 is 17.6 Å². The van der Waals surface area contributed by atoms with Gasteiger partial charge < -0.3 is 19.7 Å². The van der Waals surface area contributed by atoms with E-state index in [9.17, 15) is 9.59 Å². The lowest BCUT2D eigenvalue weighted by molar-refractivity contribution is -0.150. The fourth-order valence-corrected chi connectivity index (χ4v) is 1.50. The highest BCUT2D eigenvalue weighted by Crippen LogP contribution is 2.21. The molecule has 0 spiro atoms. The van der Waals surface area contributed by atoms with Crippen molar-refractivity contribution < 1.29 is 24.0 Å². The maximum Gasteiger partial charge on any atom is 0.332 e. The number of hydrogen-bond acceptors (Lipinski definition) is 5. The van der Waals surface area contributed by atoms with E-state index in [1.54, 1.807) is 0 Å². The minimum Gasteiger partial charge on any atom is -0.479 e. The largest absolute Gasteiger partial charge is 0.479 e. The van der Waals surface area contributed by atoms with Crippen LogP contribution in [0.25, 0.3) is 0 Å². The normalized spacial score (nSPS) is 24.2. The van der Waals surface area contributed by atoms with E-state index in [0.29, 0.717) is 18.5 Å². The van der Waals surface area contributed by atoms with Gasteiger partial charge in [-0.1, -0.05) is 5.16 Å². The number of carbonyl (C=O) groups excluding carboxylic acids is 1. The monoisotopic (exact) mass is 226 g/mol. The van der Waals surface area contributed by atoms with Crippen LogP contribution in [0.2, 0.25) is 0 Å². The van der Waals surface area contributed by atoms with Gasteiger partial charge in [-0.3, -0.25) is 4.79 Å². The Hall–Kier alpha value is -1.89. The molecule has 0 bridgehead atoms. The molecule has 1 amide bonds. The molecule has 2 N–H and O–H groups in total. The first-order valence-electron chi connectivity index (χ1n) is 4.75. The van der Waals surface area contributed by atoms with Crippen molar-refractivity contribution in [3.05, 3.63) is 12.5 Å². The Bertz CT molecular complexity index is 389. The lowest BCUT2D eigenvalue weighted by atomic mass is 10.2. The van der Waals surface area contributed by atoms with Crippen molar-refractivity contribution in [1.82, 2.24) is 5.16 Å². The van der Waals surface area contributed by atoms with Crippen molar-refractivity contribution in [2.45, 2.75) is 25.0 Å².